The van der Waals surface area contributed by atoms with Crippen LogP contribution in [0.25, 0.3) is 0 Å². The predicted octanol–water partition coefficient (Wildman–Crippen LogP) is 4.24. The molecule has 0 fully saturated rings. The van der Waals surface area contributed by atoms with Crippen molar-refractivity contribution in [2.45, 2.75) is 23.8 Å². The highest BCUT2D eigenvalue weighted by molar-refractivity contribution is 7.99. The number of methoxy groups -OCH3 is 1. The van der Waals surface area contributed by atoms with Gasteiger partial charge in [-0.25, -0.2) is 0 Å². The van der Waals surface area contributed by atoms with Gasteiger partial charge in [0.25, 0.3) is 0 Å². The van der Waals surface area contributed by atoms with Crippen LogP contribution in [-0.4, -0.2) is 19.4 Å². The van der Waals surface area contributed by atoms with E-state index in [1.54, 1.807) is 7.11 Å². The van der Waals surface area contributed by atoms with Gasteiger partial charge in [-0.15, -0.1) is 11.8 Å². The van der Waals surface area contributed by atoms with E-state index >= 15 is 0 Å². The van der Waals surface area contributed by atoms with Gasteiger partial charge in [-0.2, -0.15) is 0 Å². The Bertz CT molecular complexity index is 614. The number of fused-ring (bicyclic) bond motifs is 1. The molecule has 0 aliphatic carbocycles. The molecular weight excluding hydrogens is 278 g/mol. The molecule has 3 heteroatoms. The van der Waals surface area contributed by atoms with Gasteiger partial charge in [0, 0.05) is 29.2 Å². The van der Waals surface area contributed by atoms with Crippen LogP contribution >= 0.6 is 11.8 Å². The quantitative estimate of drug-likeness (QED) is 0.892. The maximum absolute atomic E-state index is 5.30. The fraction of sp³-hybridized carbons (Fsp3) is 0.333. The topological polar surface area (TPSA) is 21.3 Å². The van der Waals surface area contributed by atoms with Crippen LogP contribution < -0.4 is 10.1 Å². The molecule has 21 heavy (non-hydrogen) atoms. The Balaban J connectivity index is 1.63. The lowest BCUT2D eigenvalue weighted by Crippen LogP contribution is -2.24. The second kappa shape index (κ2) is 6.54. The Labute approximate surface area is 130 Å². The van der Waals surface area contributed by atoms with E-state index in [9.17, 15) is 0 Å². The molecule has 1 heterocycles. The van der Waals surface area contributed by atoms with Gasteiger partial charge in [-0.05, 0) is 36.2 Å². The molecule has 2 aromatic carbocycles. The SMILES string of the molecule is COc1cccc([C@@H](C)NCC2CSc3ccccc32)c1. The van der Waals surface area contributed by atoms with Gasteiger partial charge in [0.05, 0.1) is 7.11 Å². The van der Waals surface area contributed by atoms with Crippen LogP contribution in [-0.2, 0) is 0 Å². The summed E-state index contributed by atoms with van der Waals surface area (Å²) in [6.45, 7) is 3.23. The molecule has 2 nitrogen and oxygen atoms in total. The first-order valence-corrected chi connectivity index (χ1v) is 8.35. The molecule has 0 spiro atoms. The van der Waals surface area contributed by atoms with Crippen molar-refractivity contribution in [1.82, 2.24) is 5.32 Å². The third kappa shape index (κ3) is 3.25. The third-order valence-corrected chi connectivity index (χ3v) is 5.31. The van der Waals surface area contributed by atoms with Crippen molar-refractivity contribution in [3.63, 3.8) is 0 Å². The van der Waals surface area contributed by atoms with Gasteiger partial charge < -0.3 is 10.1 Å². The number of ether oxygens (including phenoxy) is 1. The van der Waals surface area contributed by atoms with Crippen LogP contribution in [0.4, 0.5) is 0 Å². The molecule has 0 saturated carbocycles. The first kappa shape index (κ1) is 14.5. The van der Waals surface area contributed by atoms with Gasteiger partial charge in [0.15, 0.2) is 0 Å². The zero-order valence-corrected chi connectivity index (χ0v) is 13.3. The van der Waals surface area contributed by atoms with Crippen molar-refractivity contribution in [2.24, 2.45) is 0 Å². The van der Waals surface area contributed by atoms with Gasteiger partial charge in [0.2, 0.25) is 0 Å². The smallest absolute Gasteiger partial charge is 0.119 e. The summed E-state index contributed by atoms with van der Waals surface area (Å²) >= 11 is 1.97. The van der Waals surface area contributed by atoms with Crippen LogP contribution in [0.15, 0.2) is 53.4 Å². The second-order valence-corrected chi connectivity index (χ2v) is 6.51. The number of nitrogens with one attached hydrogen (secondary N) is 1. The summed E-state index contributed by atoms with van der Waals surface area (Å²) in [5.74, 6) is 2.71. The van der Waals surface area contributed by atoms with Gasteiger partial charge >= 0.3 is 0 Å². The van der Waals surface area contributed by atoms with Crippen molar-refractivity contribution < 1.29 is 4.74 Å². The van der Waals surface area contributed by atoms with E-state index in [0.717, 1.165) is 12.3 Å². The fourth-order valence-corrected chi connectivity index (χ4v) is 4.00. The van der Waals surface area contributed by atoms with E-state index in [1.165, 1.54) is 21.8 Å². The lowest BCUT2D eigenvalue weighted by Gasteiger charge is -2.18. The Hall–Kier alpha value is -1.45. The highest BCUT2D eigenvalue weighted by atomic mass is 32.2. The zero-order chi connectivity index (χ0) is 14.7. The zero-order valence-electron chi connectivity index (χ0n) is 12.5. The maximum atomic E-state index is 5.30. The first-order valence-electron chi connectivity index (χ1n) is 7.37. The Morgan fingerprint density at radius 2 is 2.10 bits per heavy atom. The van der Waals surface area contributed by atoms with Crippen LogP contribution in [0.1, 0.15) is 30.0 Å². The molecule has 3 rings (SSSR count). The lowest BCUT2D eigenvalue weighted by molar-refractivity contribution is 0.413. The van der Waals surface area contributed by atoms with Gasteiger partial charge in [0.1, 0.15) is 5.75 Å². The third-order valence-electron chi connectivity index (χ3n) is 4.06. The average Bonchev–Trinajstić information content (AvgIpc) is 2.96. The molecule has 0 amide bonds. The maximum Gasteiger partial charge on any atom is 0.119 e. The molecular formula is C18H21NOS. The number of thioether (sulfide) groups is 1. The lowest BCUT2D eigenvalue weighted by atomic mass is 10.0. The molecule has 1 aliphatic heterocycles. The Morgan fingerprint density at radius 3 is 2.95 bits per heavy atom. The second-order valence-electron chi connectivity index (χ2n) is 5.45. The fourth-order valence-electron chi connectivity index (χ4n) is 2.75. The van der Waals surface area contributed by atoms with Crippen LogP contribution in [0.5, 0.6) is 5.75 Å². The summed E-state index contributed by atoms with van der Waals surface area (Å²) in [4.78, 5) is 1.44. The molecule has 2 aromatic rings. The summed E-state index contributed by atoms with van der Waals surface area (Å²) in [5, 5.41) is 3.66. The standard InChI is InChI=1S/C18H21NOS/c1-13(14-6-5-7-16(10-14)20-2)19-11-15-12-21-18-9-4-3-8-17(15)18/h3-10,13,15,19H,11-12H2,1-2H3/t13-,15?/m1/s1. The molecule has 1 unspecified atom stereocenters. The van der Waals surface area contributed by atoms with Crippen LogP contribution in [0.2, 0.25) is 0 Å². The minimum atomic E-state index is 0.331. The monoisotopic (exact) mass is 299 g/mol. The van der Waals surface area contributed by atoms with Crippen molar-refractivity contribution in [2.75, 3.05) is 19.4 Å². The van der Waals surface area contributed by atoms with Crippen LogP contribution in [0.3, 0.4) is 0 Å². The van der Waals surface area contributed by atoms with E-state index in [-0.39, 0.29) is 0 Å². The van der Waals surface area contributed by atoms with E-state index in [1.807, 2.05) is 23.9 Å². The summed E-state index contributed by atoms with van der Waals surface area (Å²) in [7, 11) is 1.71. The van der Waals surface area contributed by atoms with Gasteiger partial charge in [-0.3, -0.25) is 0 Å². The first-order chi connectivity index (χ1) is 10.3. The largest absolute Gasteiger partial charge is 0.497 e. The molecule has 0 saturated heterocycles. The summed E-state index contributed by atoms with van der Waals surface area (Å²) < 4.78 is 5.30. The van der Waals surface area contributed by atoms with Crippen LogP contribution in [0, 0.1) is 0 Å². The number of hydrogen-bond donors (Lipinski definition) is 1. The minimum Gasteiger partial charge on any atom is -0.497 e. The molecule has 0 radical (unpaired) electrons. The number of benzene rings is 2. The number of hydrogen-bond acceptors (Lipinski definition) is 3. The number of rotatable bonds is 5. The van der Waals surface area contributed by atoms with Gasteiger partial charge in [-0.1, -0.05) is 30.3 Å². The average molecular weight is 299 g/mol. The molecule has 1 aliphatic rings. The molecule has 1 N–H and O–H groups in total. The summed E-state index contributed by atoms with van der Waals surface area (Å²) in [6.07, 6.45) is 0. The van der Waals surface area contributed by atoms with E-state index in [2.05, 4.69) is 48.6 Å². The molecule has 0 bridgehead atoms. The van der Waals surface area contributed by atoms with Crippen molar-refractivity contribution in [3.05, 3.63) is 59.7 Å². The molecule has 2 atom stereocenters. The Kier molecular flexibility index (Phi) is 4.51. The Morgan fingerprint density at radius 1 is 1.24 bits per heavy atom. The van der Waals surface area contributed by atoms with E-state index < -0.39 is 0 Å². The van der Waals surface area contributed by atoms with Crippen molar-refractivity contribution >= 4 is 11.8 Å². The van der Waals surface area contributed by atoms with E-state index in [0.29, 0.717) is 12.0 Å². The summed E-state index contributed by atoms with van der Waals surface area (Å²) in [5.41, 5.74) is 2.76. The van der Waals surface area contributed by atoms with E-state index in [4.69, 9.17) is 4.74 Å². The van der Waals surface area contributed by atoms with Crippen molar-refractivity contribution in [3.8, 4) is 5.75 Å². The summed E-state index contributed by atoms with van der Waals surface area (Å²) in [6, 6.07) is 17.4. The normalized spacial score (nSPS) is 18.3. The molecule has 0 aromatic heterocycles. The van der Waals surface area contributed by atoms with Crippen molar-refractivity contribution in [1.29, 1.82) is 0 Å². The highest BCUT2D eigenvalue weighted by Gasteiger charge is 2.22. The highest BCUT2D eigenvalue weighted by Crippen LogP contribution is 2.39. The minimum absolute atomic E-state index is 0.331. The molecule has 110 valence electrons. The predicted molar refractivity (Wildman–Crippen MR) is 89.3 cm³/mol.